The van der Waals surface area contributed by atoms with E-state index in [0.29, 0.717) is 0 Å². The van der Waals surface area contributed by atoms with Crippen LogP contribution in [-0.2, 0) is 4.57 Å². The highest BCUT2D eigenvalue weighted by Crippen LogP contribution is 2.57. The van der Waals surface area contributed by atoms with Crippen LogP contribution < -0.4 is 10.6 Å². The predicted molar refractivity (Wildman–Crippen MR) is 123 cm³/mol. The Morgan fingerprint density at radius 1 is 0.586 bits per heavy atom. The molecule has 0 N–H and O–H groups in total. The van der Waals surface area contributed by atoms with Gasteiger partial charge in [0.05, 0.1) is 0 Å². The number of hydrogen-bond donors (Lipinski definition) is 0. The van der Waals surface area contributed by atoms with Crippen LogP contribution >= 0.6 is 7.14 Å². The molecule has 0 bridgehead atoms. The van der Waals surface area contributed by atoms with Gasteiger partial charge in [-0.25, -0.2) is 0 Å². The number of nitrogens with zero attached hydrogens (tertiary/aromatic N) is 1. The van der Waals surface area contributed by atoms with Crippen molar-refractivity contribution in [1.29, 1.82) is 0 Å². The fourth-order valence-corrected chi connectivity index (χ4v) is 6.38. The zero-order valence-corrected chi connectivity index (χ0v) is 16.9. The molecule has 0 aliphatic rings. The molecule has 4 rings (SSSR count). The molecule has 0 aliphatic carbocycles. The van der Waals surface area contributed by atoms with Gasteiger partial charge in [-0.3, -0.25) is 4.99 Å². The smallest absolute Gasteiger partial charge is 0.170 e. The average Bonchev–Trinajstić information content (AvgIpc) is 2.81. The summed E-state index contributed by atoms with van der Waals surface area (Å²) in [6, 6.07) is 39.3. The second kappa shape index (κ2) is 8.86. The van der Waals surface area contributed by atoms with E-state index in [1.807, 2.05) is 128 Å². The van der Waals surface area contributed by atoms with Gasteiger partial charge in [0.1, 0.15) is 5.78 Å². The first-order valence-corrected chi connectivity index (χ1v) is 11.4. The molecule has 0 saturated carbocycles. The molecular formula is C26H22NOP. The Hall–Kier alpha value is -3.22. The summed E-state index contributed by atoms with van der Waals surface area (Å²) < 4.78 is 14.8. The van der Waals surface area contributed by atoms with E-state index in [4.69, 9.17) is 4.99 Å². The van der Waals surface area contributed by atoms with Gasteiger partial charge in [-0.2, -0.15) is 0 Å². The number of hydrogen-bond acceptors (Lipinski definition) is 2. The molecule has 0 aromatic heterocycles. The minimum Gasteiger partial charge on any atom is -0.311 e. The van der Waals surface area contributed by atoms with Gasteiger partial charge in [-0.1, -0.05) is 121 Å². The molecule has 0 amide bonds. The lowest BCUT2D eigenvalue weighted by molar-refractivity contribution is 0.579. The zero-order chi connectivity index (χ0) is 19.9. The van der Waals surface area contributed by atoms with E-state index in [1.165, 1.54) is 0 Å². The van der Waals surface area contributed by atoms with Crippen molar-refractivity contribution in [1.82, 2.24) is 0 Å². The third-order valence-corrected chi connectivity index (χ3v) is 8.14. The zero-order valence-electron chi connectivity index (χ0n) is 16.0. The van der Waals surface area contributed by atoms with Crippen molar-refractivity contribution < 1.29 is 4.57 Å². The molecule has 142 valence electrons. The van der Waals surface area contributed by atoms with Gasteiger partial charge < -0.3 is 4.57 Å². The van der Waals surface area contributed by atoms with Crippen molar-refractivity contribution >= 4 is 24.0 Å². The number of benzene rings is 4. The molecule has 0 spiro atoms. The monoisotopic (exact) mass is 395 g/mol. The second-order valence-corrected chi connectivity index (χ2v) is 9.64. The van der Waals surface area contributed by atoms with Crippen LogP contribution in [0.15, 0.2) is 126 Å². The molecule has 0 unspecified atom stereocenters. The van der Waals surface area contributed by atoms with Crippen LogP contribution in [0.3, 0.4) is 0 Å². The van der Waals surface area contributed by atoms with Crippen molar-refractivity contribution in [3.63, 3.8) is 0 Å². The van der Waals surface area contributed by atoms with Gasteiger partial charge in [-0.05, 0) is 11.1 Å². The van der Waals surface area contributed by atoms with E-state index in [0.717, 1.165) is 21.7 Å². The first kappa shape index (κ1) is 19.1. The number of rotatable bonds is 6. The van der Waals surface area contributed by atoms with E-state index < -0.39 is 12.9 Å². The summed E-state index contributed by atoms with van der Waals surface area (Å²) in [5.74, 6) is -0.506. The van der Waals surface area contributed by atoms with Crippen LogP contribution in [0, 0.1) is 0 Å². The van der Waals surface area contributed by atoms with Gasteiger partial charge in [-0.15, -0.1) is 0 Å². The topological polar surface area (TPSA) is 29.4 Å². The van der Waals surface area contributed by atoms with E-state index >= 15 is 0 Å². The van der Waals surface area contributed by atoms with Crippen molar-refractivity contribution in [3.05, 3.63) is 132 Å². The van der Waals surface area contributed by atoms with Crippen molar-refractivity contribution in [3.8, 4) is 0 Å². The Morgan fingerprint density at radius 2 is 1.00 bits per heavy atom. The highest BCUT2D eigenvalue weighted by Gasteiger charge is 2.37. The third-order valence-electron chi connectivity index (χ3n) is 4.89. The normalized spacial score (nSPS) is 12.7. The quantitative estimate of drug-likeness (QED) is 0.299. The van der Waals surface area contributed by atoms with Crippen molar-refractivity contribution in [2.45, 2.75) is 5.78 Å². The Balaban J connectivity index is 1.92. The lowest BCUT2D eigenvalue weighted by Gasteiger charge is -2.26. The predicted octanol–water partition coefficient (Wildman–Crippen LogP) is 5.82. The minimum atomic E-state index is -3.09. The maximum atomic E-state index is 14.8. The Kier molecular flexibility index (Phi) is 5.84. The van der Waals surface area contributed by atoms with E-state index in [1.54, 1.807) is 0 Å². The Bertz CT molecular complexity index is 1070. The highest BCUT2D eigenvalue weighted by molar-refractivity contribution is 7.79. The lowest BCUT2D eigenvalue weighted by atomic mass is 10.2. The maximum Gasteiger partial charge on any atom is 0.170 e. The van der Waals surface area contributed by atoms with Gasteiger partial charge in [0.25, 0.3) is 0 Å². The lowest BCUT2D eigenvalue weighted by Crippen LogP contribution is -2.20. The molecule has 4 aromatic carbocycles. The first-order chi connectivity index (χ1) is 14.3. The fraction of sp³-hybridized carbons (Fsp3) is 0.0385. The summed E-state index contributed by atoms with van der Waals surface area (Å²) in [5.41, 5.74) is 1.93. The molecule has 29 heavy (non-hydrogen) atoms. The van der Waals surface area contributed by atoms with Gasteiger partial charge in [0.15, 0.2) is 7.14 Å². The van der Waals surface area contributed by atoms with E-state index in [-0.39, 0.29) is 0 Å². The van der Waals surface area contributed by atoms with Crippen LogP contribution in [0.25, 0.3) is 0 Å². The van der Waals surface area contributed by atoms with Crippen LogP contribution in [-0.4, -0.2) is 6.21 Å². The van der Waals surface area contributed by atoms with Gasteiger partial charge in [0, 0.05) is 16.8 Å². The third kappa shape index (κ3) is 4.13. The summed E-state index contributed by atoms with van der Waals surface area (Å²) in [5, 5.41) is 1.62. The summed E-state index contributed by atoms with van der Waals surface area (Å²) >= 11 is 0. The Morgan fingerprint density at radius 3 is 1.48 bits per heavy atom. The first-order valence-electron chi connectivity index (χ1n) is 9.62. The van der Waals surface area contributed by atoms with Gasteiger partial charge in [0.2, 0.25) is 0 Å². The van der Waals surface area contributed by atoms with Gasteiger partial charge >= 0.3 is 0 Å². The molecule has 0 fully saturated rings. The van der Waals surface area contributed by atoms with Crippen molar-refractivity contribution in [2.24, 2.45) is 4.99 Å². The average molecular weight is 395 g/mol. The van der Waals surface area contributed by atoms with Crippen molar-refractivity contribution in [2.75, 3.05) is 0 Å². The molecule has 3 heteroatoms. The molecule has 0 radical (unpaired) electrons. The highest BCUT2D eigenvalue weighted by atomic mass is 31.2. The summed E-state index contributed by atoms with van der Waals surface area (Å²) in [7, 11) is -3.09. The van der Waals surface area contributed by atoms with E-state index in [2.05, 4.69) is 0 Å². The fourth-order valence-electron chi connectivity index (χ4n) is 3.44. The van der Waals surface area contributed by atoms with Crippen LogP contribution in [0.2, 0.25) is 0 Å². The van der Waals surface area contributed by atoms with Crippen LogP contribution in [0.4, 0.5) is 0 Å². The van der Waals surface area contributed by atoms with Crippen LogP contribution in [0.1, 0.15) is 16.9 Å². The van der Waals surface area contributed by atoms with Crippen LogP contribution in [0.5, 0.6) is 0 Å². The molecule has 0 aliphatic heterocycles. The summed E-state index contributed by atoms with van der Waals surface area (Å²) in [6.45, 7) is 0. The minimum absolute atomic E-state index is 0.506. The Labute approximate surface area is 172 Å². The summed E-state index contributed by atoms with van der Waals surface area (Å²) in [6.07, 6.45) is 1.83. The van der Waals surface area contributed by atoms with E-state index in [9.17, 15) is 4.57 Å². The molecule has 4 aromatic rings. The SMILES string of the molecule is O=P(c1ccccc1)(c1ccccc1)[C@@H](N=Cc1ccccc1)c1ccccc1. The standard InChI is InChI=1S/C26H22NOP/c28-29(24-17-9-3-10-18-24,25-19-11-4-12-20-25)26(23-15-7-2-8-16-23)27-21-22-13-5-1-6-14-22/h1-21,26H/t26-/m1/s1. The molecule has 0 heterocycles. The second-order valence-electron chi connectivity index (χ2n) is 6.80. The molecule has 0 saturated heterocycles. The number of aliphatic imine (C=N–C) groups is 1. The molecular weight excluding hydrogens is 373 g/mol. The largest absolute Gasteiger partial charge is 0.311 e. The summed E-state index contributed by atoms with van der Waals surface area (Å²) in [4.78, 5) is 4.90. The maximum absolute atomic E-state index is 14.8. The molecule has 2 nitrogen and oxygen atoms in total. The molecule has 1 atom stereocenters.